The first-order valence-electron chi connectivity index (χ1n) is 4.26. The van der Waals surface area contributed by atoms with Crippen LogP contribution in [-0.2, 0) is 5.92 Å². The van der Waals surface area contributed by atoms with Crippen LogP contribution in [0.15, 0.2) is 17.5 Å². The van der Waals surface area contributed by atoms with Crippen LogP contribution in [-0.4, -0.2) is 10.2 Å². The van der Waals surface area contributed by atoms with Gasteiger partial charge in [0, 0.05) is 11.8 Å². The average Bonchev–Trinajstić information content (AvgIpc) is 2.69. The molecule has 0 bridgehead atoms. The lowest BCUT2D eigenvalue weighted by molar-refractivity contribution is 0.0133. The first kappa shape index (κ1) is 10.1. The summed E-state index contributed by atoms with van der Waals surface area (Å²) in [5.74, 6) is -2.86. The van der Waals surface area contributed by atoms with Crippen LogP contribution in [0.5, 0.6) is 0 Å². The third kappa shape index (κ3) is 1.72. The minimum Gasteiger partial charge on any atom is -0.382 e. The fraction of sp³-hybridized carbons (Fsp3) is 0.222. The topological polar surface area (TPSA) is 54.7 Å². The summed E-state index contributed by atoms with van der Waals surface area (Å²) >= 11 is 1.35. The van der Waals surface area contributed by atoms with Crippen molar-refractivity contribution in [1.29, 1.82) is 0 Å². The first-order valence-corrected chi connectivity index (χ1v) is 5.14. The number of anilines is 1. The van der Waals surface area contributed by atoms with E-state index in [1.807, 2.05) is 0 Å². The Kier molecular flexibility index (Phi) is 2.22. The summed E-state index contributed by atoms with van der Waals surface area (Å²) in [7, 11) is 0. The van der Waals surface area contributed by atoms with Crippen molar-refractivity contribution in [3.05, 3.63) is 23.2 Å². The van der Waals surface area contributed by atoms with Crippen molar-refractivity contribution in [2.45, 2.75) is 12.8 Å². The van der Waals surface area contributed by atoms with Gasteiger partial charge >= 0.3 is 0 Å². The van der Waals surface area contributed by atoms with Gasteiger partial charge < -0.3 is 5.73 Å². The normalized spacial score (nSPS) is 11.9. The largest absolute Gasteiger partial charge is 0.382 e. The van der Waals surface area contributed by atoms with Crippen molar-refractivity contribution in [2.75, 3.05) is 5.73 Å². The molecule has 0 saturated carbocycles. The van der Waals surface area contributed by atoms with Crippen LogP contribution in [0.3, 0.4) is 0 Å². The van der Waals surface area contributed by atoms with Gasteiger partial charge in [-0.25, -0.2) is 0 Å². The quantitative estimate of drug-likeness (QED) is 0.831. The molecule has 2 heterocycles. The second kappa shape index (κ2) is 3.30. The highest BCUT2D eigenvalue weighted by molar-refractivity contribution is 7.13. The van der Waals surface area contributed by atoms with Gasteiger partial charge in [-0.1, -0.05) is 6.07 Å². The summed E-state index contributed by atoms with van der Waals surface area (Å²) in [5.41, 5.74) is 5.63. The number of aromatic nitrogens is 2. The van der Waals surface area contributed by atoms with Crippen LogP contribution in [0.1, 0.15) is 12.6 Å². The van der Waals surface area contributed by atoms with Gasteiger partial charge in [-0.2, -0.15) is 13.9 Å². The minimum absolute atomic E-state index is 0.106. The van der Waals surface area contributed by atoms with Gasteiger partial charge in [0.1, 0.15) is 5.69 Å². The summed E-state index contributed by atoms with van der Waals surface area (Å²) < 4.78 is 26.4. The Hall–Kier alpha value is -1.43. The number of rotatable bonds is 2. The number of H-pyrrole nitrogens is 1. The zero-order valence-corrected chi connectivity index (χ0v) is 8.74. The third-order valence-corrected chi connectivity index (χ3v) is 2.89. The van der Waals surface area contributed by atoms with E-state index in [4.69, 9.17) is 5.73 Å². The molecule has 0 aliphatic rings. The van der Waals surface area contributed by atoms with Gasteiger partial charge in [0.15, 0.2) is 5.82 Å². The summed E-state index contributed by atoms with van der Waals surface area (Å²) in [4.78, 5) is 0.692. The molecule has 80 valence electrons. The fourth-order valence-electron chi connectivity index (χ4n) is 1.34. The molecule has 15 heavy (non-hydrogen) atoms. The van der Waals surface area contributed by atoms with E-state index in [9.17, 15) is 8.78 Å². The van der Waals surface area contributed by atoms with Crippen molar-refractivity contribution in [3.8, 4) is 10.4 Å². The third-order valence-electron chi connectivity index (χ3n) is 2.00. The smallest absolute Gasteiger partial charge is 0.287 e. The van der Waals surface area contributed by atoms with Gasteiger partial charge in [0.05, 0.1) is 5.56 Å². The van der Waals surface area contributed by atoms with E-state index in [0.29, 0.717) is 10.4 Å². The summed E-state index contributed by atoms with van der Waals surface area (Å²) in [6.45, 7) is 0.817. The number of hydrogen-bond donors (Lipinski definition) is 2. The fourth-order valence-corrected chi connectivity index (χ4v) is 2.13. The second-order valence-electron chi connectivity index (χ2n) is 3.22. The molecule has 2 aromatic rings. The average molecular weight is 229 g/mol. The van der Waals surface area contributed by atoms with Gasteiger partial charge in [0.25, 0.3) is 5.92 Å². The Morgan fingerprint density at radius 3 is 2.80 bits per heavy atom. The van der Waals surface area contributed by atoms with E-state index in [0.717, 1.165) is 6.92 Å². The van der Waals surface area contributed by atoms with Crippen LogP contribution in [0.25, 0.3) is 10.4 Å². The molecule has 0 radical (unpaired) electrons. The van der Waals surface area contributed by atoms with Crippen molar-refractivity contribution in [2.24, 2.45) is 0 Å². The number of halogens is 2. The SMILES string of the molecule is CC(F)(F)c1[nH]nc(N)c1-c1cccs1. The van der Waals surface area contributed by atoms with E-state index in [1.165, 1.54) is 11.3 Å². The molecule has 0 aliphatic carbocycles. The number of alkyl halides is 2. The number of nitrogen functional groups attached to an aromatic ring is 1. The van der Waals surface area contributed by atoms with Gasteiger partial charge in [-0.05, 0) is 11.4 Å². The van der Waals surface area contributed by atoms with Crippen LogP contribution in [0.2, 0.25) is 0 Å². The van der Waals surface area contributed by atoms with E-state index < -0.39 is 5.92 Å². The van der Waals surface area contributed by atoms with Crippen molar-refractivity contribution >= 4 is 17.2 Å². The highest BCUT2D eigenvalue weighted by Crippen LogP contribution is 2.38. The van der Waals surface area contributed by atoms with Gasteiger partial charge in [-0.3, -0.25) is 5.10 Å². The lowest BCUT2D eigenvalue weighted by Crippen LogP contribution is -2.09. The monoisotopic (exact) mass is 229 g/mol. The lowest BCUT2D eigenvalue weighted by Gasteiger charge is -2.09. The predicted molar refractivity (Wildman–Crippen MR) is 55.9 cm³/mol. The molecular formula is C9H9F2N3S. The molecule has 0 saturated heterocycles. The number of nitrogens with two attached hydrogens (primary N) is 1. The highest BCUT2D eigenvalue weighted by atomic mass is 32.1. The molecule has 6 heteroatoms. The molecular weight excluding hydrogens is 220 g/mol. The van der Waals surface area contributed by atoms with E-state index in [2.05, 4.69) is 10.2 Å². The number of nitrogens with one attached hydrogen (secondary N) is 1. The maximum atomic E-state index is 13.2. The van der Waals surface area contributed by atoms with Crippen molar-refractivity contribution < 1.29 is 8.78 Å². The maximum Gasteiger partial charge on any atom is 0.287 e. The molecule has 0 aromatic carbocycles. The van der Waals surface area contributed by atoms with Crippen LogP contribution < -0.4 is 5.73 Å². The summed E-state index contributed by atoms with van der Waals surface area (Å²) in [6, 6.07) is 3.52. The molecule has 0 aliphatic heterocycles. The van der Waals surface area contributed by atoms with E-state index >= 15 is 0 Å². The summed E-state index contributed by atoms with van der Waals surface area (Å²) in [5, 5.41) is 7.71. The molecule has 0 amide bonds. The standard InChI is InChI=1S/C9H9F2N3S/c1-9(10,11)7-6(8(12)14-13-7)5-3-2-4-15-5/h2-4H,1H3,(H3,12,13,14). The van der Waals surface area contributed by atoms with Gasteiger partial charge in [-0.15, -0.1) is 11.3 Å². The molecule has 2 rings (SSSR count). The Labute approximate surface area is 88.9 Å². The Morgan fingerprint density at radius 2 is 2.27 bits per heavy atom. The molecule has 2 aromatic heterocycles. The Morgan fingerprint density at radius 1 is 1.53 bits per heavy atom. The molecule has 0 spiro atoms. The van der Waals surface area contributed by atoms with Gasteiger partial charge in [0.2, 0.25) is 0 Å². The number of thiophene rings is 1. The lowest BCUT2D eigenvalue weighted by atomic mass is 10.1. The molecule has 3 N–H and O–H groups in total. The number of nitrogens with zero attached hydrogens (tertiary/aromatic N) is 1. The van der Waals surface area contributed by atoms with E-state index in [-0.39, 0.29) is 11.5 Å². The number of hydrogen-bond acceptors (Lipinski definition) is 3. The second-order valence-corrected chi connectivity index (χ2v) is 4.17. The maximum absolute atomic E-state index is 13.2. The molecule has 0 atom stereocenters. The first-order chi connectivity index (χ1) is 7.00. The molecule has 3 nitrogen and oxygen atoms in total. The highest BCUT2D eigenvalue weighted by Gasteiger charge is 2.32. The molecule has 0 fully saturated rings. The van der Waals surface area contributed by atoms with Crippen molar-refractivity contribution in [3.63, 3.8) is 0 Å². The van der Waals surface area contributed by atoms with Crippen LogP contribution >= 0.6 is 11.3 Å². The zero-order chi connectivity index (χ0) is 11.1. The molecule has 0 unspecified atom stereocenters. The Balaban J connectivity index is 2.60. The van der Waals surface area contributed by atoms with Crippen LogP contribution in [0, 0.1) is 0 Å². The van der Waals surface area contributed by atoms with Crippen LogP contribution in [0.4, 0.5) is 14.6 Å². The summed E-state index contributed by atoms with van der Waals surface area (Å²) in [6.07, 6.45) is 0. The van der Waals surface area contributed by atoms with Crippen molar-refractivity contribution in [1.82, 2.24) is 10.2 Å². The number of aromatic amines is 1. The predicted octanol–water partition coefficient (Wildman–Crippen LogP) is 2.83. The zero-order valence-electron chi connectivity index (χ0n) is 7.92. The minimum atomic E-state index is -2.97. The Bertz CT molecular complexity index is 456. The van der Waals surface area contributed by atoms with E-state index in [1.54, 1.807) is 17.5 Å².